The van der Waals surface area contributed by atoms with Gasteiger partial charge >= 0.3 is 7.82 Å². The summed E-state index contributed by atoms with van der Waals surface area (Å²) in [4.78, 5) is 14.5. The van der Waals surface area contributed by atoms with Crippen LogP contribution in [0.5, 0.6) is 5.75 Å². The fourth-order valence-corrected chi connectivity index (χ4v) is 7.93. The number of unbranched alkanes of at least 4 members (excludes halogenated alkanes) is 15. The number of nitrogens with two attached hydrogens (primary N) is 1. The minimum absolute atomic E-state index is 0.0778. The van der Waals surface area contributed by atoms with Crippen LogP contribution >= 0.6 is 7.82 Å². The lowest BCUT2D eigenvalue weighted by molar-refractivity contribution is -0.0892. The number of phosphoric ester groups is 1. The van der Waals surface area contributed by atoms with E-state index in [1.165, 1.54) is 100 Å². The molecule has 1 saturated heterocycles. The van der Waals surface area contributed by atoms with Gasteiger partial charge in [-0.1, -0.05) is 103 Å². The van der Waals surface area contributed by atoms with Crippen molar-refractivity contribution in [3.05, 3.63) is 53.2 Å². The first-order chi connectivity index (χ1) is 27.4. The van der Waals surface area contributed by atoms with Gasteiger partial charge in [0.05, 0.1) is 37.1 Å². The van der Waals surface area contributed by atoms with Gasteiger partial charge in [0.15, 0.2) is 17.4 Å². The number of rotatable bonds is 28. The Balaban J connectivity index is 1.20. The molecule has 2 aromatic heterocycles. The van der Waals surface area contributed by atoms with Crippen molar-refractivity contribution in [2.24, 2.45) is 0 Å². The molecule has 0 radical (unpaired) electrons. The molecule has 3 heterocycles. The Labute approximate surface area is 336 Å². The van der Waals surface area contributed by atoms with Gasteiger partial charge in [0, 0.05) is 6.61 Å². The largest absolute Gasteiger partial charge is 0.482 e. The van der Waals surface area contributed by atoms with E-state index in [1.807, 2.05) is 6.07 Å². The molecule has 1 aromatic carbocycles. The Morgan fingerprint density at radius 1 is 0.982 bits per heavy atom. The molecule has 318 valence electrons. The van der Waals surface area contributed by atoms with Crippen molar-refractivity contribution in [2.45, 2.75) is 154 Å². The SMILES string of the molecule is CCCCCCCCCCCCCCCCCCOC[C@H](COP(=O)(O)OC[C@H]1O[C@@](C)(c2ccc3c(N)ncnn23)[C@H](O)[C@@H]1O)Oc1cc(C)c(C#N)cc1F. The van der Waals surface area contributed by atoms with Gasteiger partial charge in [-0.15, -0.1) is 0 Å². The monoisotopic (exact) mass is 819 g/mol. The Hall–Kier alpha value is -3.19. The summed E-state index contributed by atoms with van der Waals surface area (Å²) in [5.41, 5.74) is 5.93. The van der Waals surface area contributed by atoms with Crippen LogP contribution in [0.3, 0.4) is 0 Å². The maximum absolute atomic E-state index is 14.9. The molecule has 3 aromatic rings. The van der Waals surface area contributed by atoms with Crippen LogP contribution in [0.1, 0.15) is 133 Å². The molecule has 5 N–H and O–H groups in total. The molecule has 1 unspecified atom stereocenters. The smallest absolute Gasteiger partial charge is 0.472 e. The third kappa shape index (κ3) is 14.0. The number of aryl methyl sites for hydroxylation is 1. The second kappa shape index (κ2) is 23.4. The minimum Gasteiger partial charge on any atom is -0.482 e. The van der Waals surface area contributed by atoms with Gasteiger partial charge in [0.25, 0.3) is 0 Å². The molecule has 0 saturated carbocycles. The van der Waals surface area contributed by atoms with Crippen molar-refractivity contribution in [2.75, 3.05) is 32.2 Å². The lowest BCUT2D eigenvalue weighted by Gasteiger charge is -2.27. The fourth-order valence-electron chi connectivity index (χ4n) is 7.17. The Morgan fingerprint density at radius 3 is 2.21 bits per heavy atom. The molecule has 0 bridgehead atoms. The van der Waals surface area contributed by atoms with Gasteiger partial charge in [-0.2, -0.15) is 10.4 Å². The number of aliphatic hydroxyl groups is 2. The predicted octanol–water partition coefficient (Wildman–Crippen LogP) is 7.83. The van der Waals surface area contributed by atoms with Gasteiger partial charge < -0.3 is 35.1 Å². The summed E-state index contributed by atoms with van der Waals surface area (Å²) in [5, 5.41) is 35.3. The van der Waals surface area contributed by atoms with Crippen molar-refractivity contribution in [1.29, 1.82) is 5.26 Å². The van der Waals surface area contributed by atoms with Gasteiger partial charge in [0.2, 0.25) is 0 Å². The first-order valence-electron chi connectivity index (χ1n) is 20.6. The normalized spacial score (nSPS) is 21.1. The Kier molecular flexibility index (Phi) is 19.1. The molecular formula is C41H63FN5O9P. The second-order valence-electron chi connectivity index (χ2n) is 15.2. The summed E-state index contributed by atoms with van der Waals surface area (Å²) in [6.07, 6.45) is 16.1. The van der Waals surface area contributed by atoms with Crippen molar-refractivity contribution in [3.8, 4) is 11.8 Å². The van der Waals surface area contributed by atoms with Gasteiger partial charge in [-0.3, -0.25) is 9.05 Å². The summed E-state index contributed by atoms with van der Waals surface area (Å²) in [6, 6.07) is 7.64. The number of anilines is 1. The highest BCUT2D eigenvalue weighted by Crippen LogP contribution is 2.46. The van der Waals surface area contributed by atoms with Crippen LogP contribution in [0.25, 0.3) is 5.52 Å². The van der Waals surface area contributed by atoms with E-state index >= 15 is 0 Å². The van der Waals surface area contributed by atoms with Gasteiger partial charge in [-0.05, 0) is 50.1 Å². The number of nitrogen functional groups attached to an aromatic ring is 1. The Morgan fingerprint density at radius 2 is 1.60 bits per heavy atom. The average Bonchev–Trinajstić information content (AvgIpc) is 3.73. The number of phosphoric acid groups is 1. The summed E-state index contributed by atoms with van der Waals surface area (Å²) in [5.74, 6) is -0.737. The van der Waals surface area contributed by atoms with E-state index in [0.29, 0.717) is 23.4 Å². The molecule has 1 aliphatic rings. The number of ether oxygens (including phenoxy) is 3. The number of nitriles is 1. The van der Waals surface area contributed by atoms with Crippen LogP contribution in [0.15, 0.2) is 30.6 Å². The number of aliphatic hydroxyl groups excluding tert-OH is 2. The van der Waals surface area contributed by atoms with Crippen molar-refractivity contribution < 1.29 is 47.3 Å². The lowest BCUT2D eigenvalue weighted by atomic mass is 9.93. The van der Waals surface area contributed by atoms with Crippen molar-refractivity contribution in [3.63, 3.8) is 0 Å². The van der Waals surface area contributed by atoms with Crippen LogP contribution in [-0.2, 0) is 28.7 Å². The van der Waals surface area contributed by atoms with E-state index in [0.717, 1.165) is 25.3 Å². The van der Waals surface area contributed by atoms with E-state index in [1.54, 1.807) is 26.0 Å². The number of nitrogens with zero attached hydrogens (tertiary/aromatic N) is 4. The molecule has 0 spiro atoms. The summed E-state index contributed by atoms with van der Waals surface area (Å²) in [7, 11) is -4.80. The maximum atomic E-state index is 14.9. The lowest BCUT2D eigenvalue weighted by Crippen LogP contribution is -2.39. The number of aromatic nitrogens is 3. The van der Waals surface area contributed by atoms with Gasteiger partial charge in [-0.25, -0.2) is 18.5 Å². The van der Waals surface area contributed by atoms with Crippen molar-refractivity contribution in [1.82, 2.24) is 14.6 Å². The quantitative estimate of drug-likeness (QED) is 0.0408. The van der Waals surface area contributed by atoms with E-state index in [2.05, 4.69) is 17.0 Å². The van der Waals surface area contributed by atoms with Crippen LogP contribution in [0, 0.1) is 24.1 Å². The number of hydrogen-bond donors (Lipinski definition) is 4. The zero-order valence-electron chi connectivity index (χ0n) is 33.8. The molecule has 0 amide bonds. The highest BCUT2D eigenvalue weighted by Gasteiger charge is 2.54. The van der Waals surface area contributed by atoms with E-state index in [-0.39, 0.29) is 23.7 Å². The molecule has 1 fully saturated rings. The molecule has 57 heavy (non-hydrogen) atoms. The number of hydrogen-bond acceptors (Lipinski definition) is 12. The zero-order valence-corrected chi connectivity index (χ0v) is 34.7. The third-order valence-electron chi connectivity index (χ3n) is 10.6. The van der Waals surface area contributed by atoms with E-state index in [4.69, 9.17) is 29.0 Å². The maximum Gasteiger partial charge on any atom is 0.472 e. The fraction of sp³-hybridized carbons (Fsp3) is 0.683. The van der Waals surface area contributed by atoms with Gasteiger partial charge in [0.1, 0.15) is 41.9 Å². The topological polar surface area (TPSA) is 204 Å². The molecular weight excluding hydrogens is 756 g/mol. The molecule has 14 nitrogen and oxygen atoms in total. The highest BCUT2D eigenvalue weighted by atomic mass is 31.2. The number of halogens is 1. The molecule has 6 atom stereocenters. The second-order valence-corrected chi connectivity index (χ2v) is 16.7. The zero-order chi connectivity index (χ0) is 41.3. The average molecular weight is 820 g/mol. The summed E-state index contributed by atoms with van der Waals surface area (Å²) in [6.45, 7) is 4.64. The summed E-state index contributed by atoms with van der Waals surface area (Å²) >= 11 is 0. The highest BCUT2D eigenvalue weighted by molar-refractivity contribution is 7.47. The number of benzene rings is 1. The summed E-state index contributed by atoms with van der Waals surface area (Å²) < 4.78 is 57.5. The van der Waals surface area contributed by atoms with E-state index in [9.17, 15) is 29.3 Å². The molecule has 16 heteroatoms. The first kappa shape index (κ1) is 46.5. The molecule has 4 rings (SSSR count). The predicted molar refractivity (Wildman–Crippen MR) is 214 cm³/mol. The Bertz CT molecular complexity index is 1760. The molecule has 1 aliphatic heterocycles. The van der Waals surface area contributed by atoms with Crippen molar-refractivity contribution >= 4 is 19.2 Å². The third-order valence-corrected chi connectivity index (χ3v) is 11.6. The van der Waals surface area contributed by atoms with Crippen LogP contribution < -0.4 is 10.5 Å². The first-order valence-corrected chi connectivity index (χ1v) is 22.1. The van der Waals surface area contributed by atoms with E-state index < -0.39 is 56.9 Å². The van der Waals surface area contributed by atoms with Crippen LogP contribution in [-0.4, -0.2) is 80.5 Å². The van der Waals surface area contributed by atoms with Crippen LogP contribution in [0.4, 0.5) is 10.2 Å². The molecule has 0 aliphatic carbocycles. The minimum atomic E-state index is -4.80. The van der Waals surface area contributed by atoms with Crippen LogP contribution in [0.2, 0.25) is 0 Å². The number of fused-ring (bicyclic) bond motifs is 1. The standard InChI is InChI=1S/C41H63FN5O9P/c1-4-5-6-7-8-9-10-11-12-13-14-15-16-17-18-19-22-52-26-32(55-35-23-30(2)31(25-43)24-33(35)42)27-53-57(50,51)54-28-36-38(48)39(49)41(3,56-36)37-21-20-34-40(44)45-29-46-47(34)37/h20-21,23-24,29,32,36,38-39,48-49H,4-19,22,26-28H2,1-3H3,(H,50,51)(H2,44,45,46)/t32-,36-,38-,39-,41+/m1/s1.